The lowest BCUT2D eigenvalue weighted by Gasteiger charge is -2.23. The van der Waals surface area contributed by atoms with Crippen molar-refractivity contribution in [3.63, 3.8) is 0 Å². The van der Waals surface area contributed by atoms with Gasteiger partial charge in [-0.2, -0.15) is 4.98 Å². The van der Waals surface area contributed by atoms with E-state index in [1.54, 1.807) is 7.11 Å². The van der Waals surface area contributed by atoms with Crippen molar-refractivity contribution in [1.29, 1.82) is 0 Å². The van der Waals surface area contributed by atoms with Crippen LogP contribution in [0.15, 0.2) is 12.1 Å². The van der Waals surface area contributed by atoms with E-state index in [2.05, 4.69) is 9.88 Å². The van der Waals surface area contributed by atoms with E-state index in [0.717, 1.165) is 25.4 Å². The van der Waals surface area contributed by atoms with Crippen LogP contribution in [-0.4, -0.2) is 37.9 Å². The highest BCUT2D eigenvalue weighted by molar-refractivity contribution is 5.54. The molecule has 1 rings (SSSR count). The van der Waals surface area contributed by atoms with Gasteiger partial charge in [-0.25, -0.2) is 0 Å². The third-order valence-electron chi connectivity index (χ3n) is 2.51. The van der Waals surface area contributed by atoms with Crippen LogP contribution >= 0.6 is 0 Å². The van der Waals surface area contributed by atoms with Crippen LogP contribution in [0.3, 0.4) is 0 Å². The van der Waals surface area contributed by atoms with Gasteiger partial charge in [0.15, 0.2) is 0 Å². The molecule has 0 aromatic carbocycles. The quantitative estimate of drug-likeness (QED) is 0.801. The number of rotatable bonds is 6. The Hall–Kier alpha value is -1.49. The standard InChI is InChI=1S/C14H25N3O2/c1-14(2,3)19-13-11(15)7-8-12(16-13)17(4)9-6-10-18-5/h7-8H,6,9-10,15H2,1-5H3. The van der Waals surface area contributed by atoms with Crippen LogP contribution in [0.1, 0.15) is 27.2 Å². The second-order valence-electron chi connectivity index (χ2n) is 5.55. The summed E-state index contributed by atoms with van der Waals surface area (Å²) in [4.78, 5) is 6.54. The van der Waals surface area contributed by atoms with E-state index in [1.165, 1.54) is 0 Å². The zero-order valence-corrected chi connectivity index (χ0v) is 12.6. The summed E-state index contributed by atoms with van der Waals surface area (Å²) in [5.74, 6) is 1.34. The first kappa shape index (κ1) is 15.6. The van der Waals surface area contributed by atoms with Crippen molar-refractivity contribution in [3.05, 3.63) is 12.1 Å². The highest BCUT2D eigenvalue weighted by Crippen LogP contribution is 2.26. The maximum absolute atomic E-state index is 5.89. The fourth-order valence-electron chi connectivity index (χ4n) is 1.59. The maximum Gasteiger partial charge on any atom is 0.239 e. The Kier molecular flexibility index (Phi) is 5.42. The third-order valence-corrected chi connectivity index (χ3v) is 2.51. The number of pyridine rings is 1. The molecule has 0 saturated carbocycles. The van der Waals surface area contributed by atoms with E-state index >= 15 is 0 Å². The summed E-state index contributed by atoms with van der Waals surface area (Å²) in [5, 5.41) is 0. The first-order valence-electron chi connectivity index (χ1n) is 6.49. The van der Waals surface area contributed by atoms with Crippen molar-refractivity contribution in [3.8, 4) is 5.88 Å². The van der Waals surface area contributed by atoms with Crippen LogP contribution in [0.4, 0.5) is 11.5 Å². The summed E-state index contributed by atoms with van der Waals surface area (Å²) >= 11 is 0. The molecule has 0 fully saturated rings. The molecule has 0 spiro atoms. The van der Waals surface area contributed by atoms with Crippen LogP contribution in [0.25, 0.3) is 0 Å². The molecule has 2 N–H and O–H groups in total. The molecule has 0 bridgehead atoms. The Morgan fingerprint density at radius 3 is 2.58 bits per heavy atom. The van der Waals surface area contributed by atoms with Crippen molar-refractivity contribution in [2.75, 3.05) is 37.9 Å². The summed E-state index contributed by atoms with van der Waals surface area (Å²) in [6.07, 6.45) is 0.953. The molecule has 1 aromatic heterocycles. The number of hydrogen-bond donors (Lipinski definition) is 1. The predicted molar refractivity (Wildman–Crippen MR) is 78.8 cm³/mol. The average molecular weight is 267 g/mol. The molecule has 1 aromatic rings. The van der Waals surface area contributed by atoms with Crippen LogP contribution < -0.4 is 15.4 Å². The van der Waals surface area contributed by atoms with E-state index in [4.69, 9.17) is 15.2 Å². The van der Waals surface area contributed by atoms with Gasteiger partial charge in [-0.1, -0.05) is 0 Å². The summed E-state index contributed by atoms with van der Waals surface area (Å²) in [5.41, 5.74) is 6.14. The van der Waals surface area contributed by atoms with Gasteiger partial charge in [0.1, 0.15) is 11.4 Å². The normalized spacial score (nSPS) is 11.4. The number of aromatic nitrogens is 1. The number of nitrogens with two attached hydrogens (primary N) is 1. The highest BCUT2D eigenvalue weighted by Gasteiger charge is 2.16. The second kappa shape index (κ2) is 6.61. The van der Waals surface area contributed by atoms with Gasteiger partial charge in [0.2, 0.25) is 5.88 Å². The lowest BCUT2D eigenvalue weighted by atomic mass is 10.2. The zero-order valence-electron chi connectivity index (χ0n) is 12.6. The molecular formula is C14H25N3O2. The average Bonchev–Trinajstić information content (AvgIpc) is 2.30. The molecule has 0 aliphatic carbocycles. The van der Waals surface area contributed by atoms with E-state index in [-0.39, 0.29) is 5.60 Å². The van der Waals surface area contributed by atoms with Gasteiger partial charge in [-0.3, -0.25) is 0 Å². The predicted octanol–water partition coefficient (Wildman–Crippen LogP) is 2.31. The lowest BCUT2D eigenvalue weighted by Crippen LogP contribution is -2.25. The van der Waals surface area contributed by atoms with Gasteiger partial charge in [-0.05, 0) is 39.3 Å². The monoisotopic (exact) mass is 267 g/mol. The minimum atomic E-state index is -0.311. The molecule has 1 heterocycles. The number of hydrogen-bond acceptors (Lipinski definition) is 5. The summed E-state index contributed by atoms with van der Waals surface area (Å²) in [6.45, 7) is 7.54. The smallest absolute Gasteiger partial charge is 0.239 e. The summed E-state index contributed by atoms with van der Waals surface area (Å²) in [7, 11) is 3.70. The minimum absolute atomic E-state index is 0.311. The molecule has 5 nitrogen and oxygen atoms in total. The van der Waals surface area contributed by atoms with E-state index in [0.29, 0.717) is 11.6 Å². The summed E-state index contributed by atoms with van der Waals surface area (Å²) in [6, 6.07) is 3.73. The molecular weight excluding hydrogens is 242 g/mol. The van der Waals surface area contributed by atoms with E-state index < -0.39 is 0 Å². The molecule has 0 unspecified atom stereocenters. The highest BCUT2D eigenvalue weighted by atomic mass is 16.5. The van der Waals surface area contributed by atoms with Crippen molar-refractivity contribution in [2.24, 2.45) is 0 Å². The van der Waals surface area contributed by atoms with Crippen molar-refractivity contribution >= 4 is 11.5 Å². The van der Waals surface area contributed by atoms with Gasteiger partial charge >= 0.3 is 0 Å². The van der Waals surface area contributed by atoms with Gasteiger partial charge in [0.05, 0.1) is 5.69 Å². The molecule has 0 amide bonds. The van der Waals surface area contributed by atoms with Gasteiger partial charge < -0.3 is 20.1 Å². The van der Waals surface area contributed by atoms with Gasteiger partial charge in [0, 0.05) is 27.3 Å². The lowest BCUT2D eigenvalue weighted by molar-refractivity contribution is 0.125. The van der Waals surface area contributed by atoms with Crippen molar-refractivity contribution in [1.82, 2.24) is 4.98 Å². The molecule has 19 heavy (non-hydrogen) atoms. The van der Waals surface area contributed by atoms with Crippen molar-refractivity contribution in [2.45, 2.75) is 32.8 Å². The maximum atomic E-state index is 5.89. The Bertz CT molecular complexity index is 402. The molecule has 0 atom stereocenters. The fourth-order valence-corrected chi connectivity index (χ4v) is 1.59. The number of methoxy groups -OCH3 is 1. The SMILES string of the molecule is COCCCN(C)c1ccc(N)c(OC(C)(C)C)n1. The Morgan fingerprint density at radius 1 is 1.32 bits per heavy atom. The molecule has 0 aliphatic heterocycles. The van der Waals surface area contributed by atoms with Crippen molar-refractivity contribution < 1.29 is 9.47 Å². The first-order chi connectivity index (χ1) is 8.83. The van der Waals surface area contributed by atoms with Crippen LogP contribution in [0.5, 0.6) is 5.88 Å². The molecule has 108 valence electrons. The van der Waals surface area contributed by atoms with Crippen LogP contribution in [-0.2, 0) is 4.74 Å². The second-order valence-corrected chi connectivity index (χ2v) is 5.55. The zero-order chi connectivity index (χ0) is 14.5. The number of anilines is 2. The number of ether oxygens (including phenoxy) is 2. The summed E-state index contributed by atoms with van der Waals surface area (Å²) < 4.78 is 10.8. The number of nitrogen functional groups attached to an aromatic ring is 1. The van der Waals surface area contributed by atoms with Gasteiger partial charge in [-0.15, -0.1) is 0 Å². The molecule has 0 aliphatic rings. The Labute approximate surface area is 115 Å². The number of nitrogens with zero attached hydrogens (tertiary/aromatic N) is 2. The molecule has 5 heteroatoms. The minimum Gasteiger partial charge on any atom is -0.470 e. The van der Waals surface area contributed by atoms with E-state index in [9.17, 15) is 0 Å². The first-order valence-corrected chi connectivity index (χ1v) is 6.49. The van der Waals surface area contributed by atoms with Crippen LogP contribution in [0.2, 0.25) is 0 Å². The topological polar surface area (TPSA) is 60.6 Å². The Morgan fingerprint density at radius 2 is 2.00 bits per heavy atom. The van der Waals surface area contributed by atoms with Gasteiger partial charge in [0.25, 0.3) is 0 Å². The third kappa shape index (κ3) is 5.34. The largest absolute Gasteiger partial charge is 0.470 e. The fraction of sp³-hybridized carbons (Fsp3) is 0.643. The van der Waals surface area contributed by atoms with E-state index in [1.807, 2.05) is 40.0 Å². The molecule has 0 radical (unpaired) electrons. The Balaban J connectivity index is 2.77. The molecule has 0 saturated heterocycles. The van der Waals surface area contributed by atoms with Crippen LogP contribution in [0, 0.1) is 0 Å².